The molecule has 9 heteroatoms. The van der Waals surface area contributed by atoms with Gasteiger partial charge in [0.25, 0.3) is 0 Å². The van der Waals surface area contributed by atoms with Crippen molar-refractivity contribution >= 4 is 17.9 Å². The van der Waals surface area contributed by atoms with Crippen molar-refractivity contribution in [1.29, 1.82) is 0 Å². The van der Waals surface area contributed by atoms with E-state index in [1.54, 1.807) is 0 Å². The van der Waals surface area contributed by atoms with Crippen molar-refractivity contribution in [3.05, 3.63) is 72.9 Å². The van der Waals surface area contributed by atoms with E-state index in [2.05, 4.69) is 86.8 Å². The van der Waals surface area contributed by atoms with E-state index in [9.17, 15) is 19.5 Å². The third-order valence-corrected chi connectivity index (χ3v) is 16.0. The number of esters is 2. The molecule has 0 heterocycles. The van der Waals surface area contributed by atoms with Gasteiger partial charge < -0.3 is 33.3 Å². The summed E-state index contributed by atoms with van der Waals surface area (Å²) in [6.45, 7) is 4.66. The largest absolute Gasteiger partial charge is 0.545 e. The number of hydrogen-bond donors (Lipinski definition) is 0. The summed E-state index contributed by atoms with van der Waals surface area (Å²) in [5.74, 6) is -2.29. The molecule has 2 unspecified atom stereocenters. The summed E-state index contributed by atoms with van der Waals surface area (Å²) in [5, 5.41) is 11.8. The molecule has 0 fully saturated rings. The number of unbranched alkanes of at least 4 members (excludes halogenated alkanes) is 40. The van der Waals surface area contributed by atoms with E-state index in [1.165, 1.54) is 205 Å². The number of carbonyl (C=O) groups is 3. The van der Waals surface area contributed by atoms with Gasteiger partial charge in [-0.3, -0.25) is 9.59 Å². The number of carbonyl (C=O) groups excluding carboxylic acids is 3. The summed E-state index contributed by atoms with van der Waals surface area (Å²) >= 11 is 0. The lowest BCUT2D eigenvalue weighted by atomic mass is 10.0. The standard InChI is InChI=1S/C76H137NO8/c1-6-8-10-12-14-16-18-20-22-24-26-28-30-32-33-34-35-36-37-38-39-40-41-43-44-46-48-50-52-54-56-58-60-62-64-66-73(78)83-70-72(71-84-76(75(80)81)82-69-68-77(3,4)5)85-74(79)67-65-63-61-59-57-55-53-51-49-47-45-42-31-29-27-25-23-21-19-17-15-13-11-9-7-2/h9,11,15,17,21,23,27,29,42,45,49,51,72,76H,6-8,10,12-14,16,18-20,22,24-26,28,30-41,43-44,46-48,50,52-71H2,1-5H3/b11-9-,17-15-,23-21-,29-27-,45-42-,51-49-. The van der Waals surface area contributed by atoms with Gasteiger partial charge in [0.2, 0.25) is 0 Å². The summed E-state index contributed by atoms with van der Waals surface area (Å²) in [6.07, 6.45) is 85.8. The molecule has 0 bridgehead atoms. The second-order valence-corrected chi connectivity index (χ2v) is 25.5. The third kappa shape index (κ3) is 68.1. The first-order valence-electron chi connectivity index (χ1n) is 36.1. The van der Waals surface area contributed by atoms with Crippen LogP contribution in [0.2, 0.25) is 0 Å². The maximum absolute atomic E-state index is 12.9. The Balaban J connectivity index is 4.06. The molecule has 494 valence electrons. The molecule has 0 aromatic carbocycles. The fourth-order valence-corrected chi connectivity index (χ4v) is 10.5. The number of aliphatic carboxylic acids is 1. The SMILES string of the molecule is CC/C=C\C/C=C\C/C=C\C/C=C\C/C=C\C/C=C\CCCCCCCCC(=O)OC(COC(=O)CCCCCCCCCCCCCCCCCCCCCCCCCCCCCCCCCCCCC)COC(OCC[N+](C)(C)C)C(=O)[O-]. The van der Waals surface area contributed by atoms with Gasteiger partial charge in [0.1, 0.15) is 13.2 Å². The fraction of sp³-hybridized carbons (Fsp3) is 0.803. The molecule has 0 radical (unpaired) electrons. The number of quaternary nitrogens is 1. The quantitative estimate of drug-likeness (QED) is 0.0195. The van der Waals surface area contributed by atoms with Gasteiger partial charge in [-0.25, -0.2) is 0 Å². The zero-order valence-corrected chi connectivity index (χ0v) is 56.5. The Morgan fingerprint density at radius 3 is 1.00 bits per heavy atom. The zero-order valence-electron chi connectivity index (χ0n) is 56.5. The van der Waals surface area contributed by atoms with Crippen LogP contribution < -0.4 is 5.11 Å². The lowest BCUT2D eigenvalue weighted by Gasteiger charge is -2.26. The number of carboxylic acids is 1. The number of likely N-dealkylation sites (N-methyl/N-ethyl adjacent to an activating group) is 1. The number of nitrogens with zero attached hydrogens (tertiary/aromatic N) is 1. The number of rotatable bonds is 67. The van der Waals surface area contributed by atoms with Crippen LogP contribution in [-0.4, -0.2) is 82.3 Å². The highest BCUT2D eigenvalue weighted by atomic mass is 16.7. The van der Waals surface area contributed by atoms with Crippen LogP contribution in [0.3, 0.4) is 0 Å². The minimum Gasteiger partial charge on any atom is -0.545 e. The summed E-state index contributed by atoms with van der Waals surface area (Å²) in [5.41, 5.74) is 0. The van der Waals surface area contributed by atoms with Crippen molar-refractivity contribution in [2.45, 2.75) is 347 Å². The molecule has 0 aliphatic rings. The smallest absolute Gasteiger partial charge is 0.306 e. The maximum Gasteiger partial charge on any atom is 0.306 e. The zero-order chi connectivity index (χ0) is 61.9. The van der Waals surface area contributed by atoms with Crippen molar-refractivity contribution in [3.63, 3.8) is 0 Å². The Hall–Kier alpha value is -3.27. The molecule has 0 spiro atoms. The molecular weight excluding hydrogens is 1050 g/mol. The normalized spacial score (nSPS) is 13.1. The van der Waals surface area contributed by atoms with Crippen LogP contribution in [0.5, 0.6) is 0 Å². The summed E-state index contributed by atoms with van der Waals surface area (Å²) < 4.78 is 22.8. The van der Waals surface area contributed by atoms with E-state index in [4.69, 9.17) is 18.9 Å². The Kier molecular flexibility index (Phi) is 64.1. The highest BCUT2D eigenvalue weighted by molar-refractivity contribution is 5.70. The van der Waals surface area contributed by atoms with Crippen LogP contribution in [0.15, 0.2) is 72.9 Å². The summed E-state index contributed by atoms with van der Waals surface area (Å²) in [7, 11) is 5.93. The Morgan fingerprint density at radius 1 is 0.365 bits per heavy atom. The highest BCUT2D eigenvalue weighted by Gasteiger charge is 2.22. The van der Waals surface area contributed by atoms with E-state index in [0.717, 1.165) is 96.3 Å². The average molecular weight is 1190 g/mol. The third-order valence-electron chi connectivity index (χ3n) is 16.0. The molecule has 0 rings (SSSR count). The van der Waals surface area contributed by atoms with Crippen molar-refractivity contribution in [2.24, 2.45) is 0 Å². The molecule has 0 aromatic heterocycles. The van der Waals surface area contributed by atoms with Crippen molar-refractivity contribution in [3.8, 4) is 0 Å². The van der Waals surface area contributed by atoms with Crippen molar-refractivity contribution in [1.82, 2.24) is 0 Å². The molecule has 0 aliphatic carbocycles. The molecule has 0 saturated carbocycles. The first-order chi connectivity index (χ1) is 41.6. The predicted octanol–water partition coefficient (Wildman–Crippen LogP) is 21.1. The van der Waals surface area contributed by atoms with Gasteiger partial charge in [0.15, 0.2) is 12.4 Å². The number of hydrogen-bond acceptors (Lipinski definition) is 8. The second-order valence-electron chi connectivity index (χ2n) is 25.5. The topological polar surface area (TPSA) is 111 Å². The van der Waals surface area contributed by atoms with Gasteiger partial charge >= 0.3 is 11.9 Å². The average Bonchev–Trinajstić information content (AvgIpc) is 3.49. The minimum absolute atomic E-state index is 0.143. The predicted molar refractivity (Wildman–Crippen MR) is 361 cm³/mol. The monoisotopic (exact) mass is 1190 g/mol. The molecule has 0 aliphatic heterocycles. The number of carboxylic acid groups (broad SMARTS) is 1. The van der Waals surface area contributed by atoms with Gasteiger partial charge in [-0.1, -0.05) is 331 Å². The van der Waals surface area contributed by atoms with Gasteiger partial charge in [0, 0.05) is 12.8 Å². The maximum atomic E-state index is 12.9. The van der Waals surface area contributed by atoms with Gasteiger partial charge in [-0.05, 0) is 64.2 Å². The van der Waals surface area contributed by atoms with E-state index < -0.39 is 24.3 Å². The van der Waals surface area contributed by atoms with E-state index in [0.29, 0.717) is 23.9 Å². The molecule has 0 amide bonds. The molecule has 0 aromatic rings. The minimum atomic E-state index is -1.63. The fourth-order valence-electron chi connectivity index (χ4n) is 10.5. The molecule has 85 heavy (non-hydrogen) atoms. The number of ether oxygens (including phenoxy) is 4. The highest BCUT2D eigenvalue weighted by Crippen LogP contribution is 2.19. The van der Waals surface area contributed by atoms with Gasteiger partial charge in [0.05, 0.1) is 40.3 Å². The molecule has 0 N–H and O–H groups in total. The van der Waals surface area contributed by atoms with E-state index in [-0.39, 0.29) is 32.2 Å². The van der Waals surface area contributed by atoms with Crippen molar-refractivity contribution in [2.75, 3.05) is 47.5 Å². The molecule has 2 atom stereocenters. The van der Waals surface area contributed by atoms with Crippen LogP contribution in [0.1, 0.15) is 335 Å². The van der Waals surface area contributed by atoms with Gasteiger partial charge in [-0.2, -0.15) is 0 Å². The van der Waals surface area contributed by atoms with Gasteiger partial charge in [-0.15, -0.1) is 0 Å². The lowest BCUT2D eigenvalue weighted by molar-refractivity contribution is -0.870. The summed E-state index contributed by atoms with van der Waals surface area (Å²) in [6, 6.07) is 0. The molecule has 9 nitrogen and oxygen atoms in total. The Morgan fingerprint density at radius 2 is 0.671 bits per heavy atom. The first-order valence-corrected chi connectivity index (χ1v) is 36.1. The van der Waals surface area contributed by atoms with Crippen LogP contribution in [0.4, 0.5) is 0 Å². The van der Waals surface area contributed by atoms with Crippen molar-refractivity contribution < 1.29 is 42.9 Å². The van der Waals surface area contributed by atoms with Crippen LogP contribution in [0, 0.1) is 0 Å². The van der Waals surface area contributed by atoms with Crippen LogP contribution >= 0.6 is 0 Å². The number of allylic oxidation sites excluding steroid dienone is 12. The molecular formula is C76H137NO8. The van der Waals surface area contributed by atoms with Crippen LogP contribution in [-0.2, 0) is 33.3 Å². The second kappa shape index (κ2) is 66.7. The Bertz CT molecular complexity index is 1620. The summed E-state index contributed by atoms with van der Waals surface area (Å²) in [4.78, 5) is 37.5. The van der Waals surface area contributed by atoms with E-state index >= 15 is 0 Å². The Labute approximate surface area is 526 Å². The van der Waals surface area contributed by atoms with E-state index in [1.807, 2.05) is 21.1 Å². The van der Waals surface area contributed by atoms with Crippen LogP contribution in [0.25, 0.3) is 0 Å². The molecule has 0 saturated heterocycles. The lowest BCUT2D eigenvalue weighted by Crippen LogP contribution is -2.44. The first kappa shape index (κ1) is 81.7.